The van der Waals surface area contributed by atoms with Crippen molar-refractivity contribution in [1.82, 2.24) is 5.32 Å². The smallest absolute Gasteiger partial charge is 0.217 e. The molecule has 1 amide bonds. The monoisotopic (exact) mass is 242 g/mol. The van der Waals surface area contributed by atoms with Crippen LogP contribution in [0.2, 0.25) is 0 Å². The van der Waals surface area contributed by atoms with Crippen LogP contribution in [-0.2, 0) is 4.79 Å². The third-order valence-electron chi connectivity index (χ3n) is 2.48. The molecule has 0 bridgehead atoms. The zero-order chi connectivity index (χ0) is 12.8. The molecule has 5 heteroatoms. The molecule has 0 aliphatic rings. The summed E-state index contributed by atoms with van der Waals surface area (Å²) in [6.45, 7) is 2.27. The van der Waals surface area contributed by atoms with Crippen molar-refractivity contribution in [3.8, 4) is 0 Å². The van der Waals surface area contributed by atoms with E-state index in [0.29, 0.717) is 13.0 Å². The van der Waals surface area contributed by atoms with Crippen LogP contribution >= 0.6 is 0 Å². The van der Waals surface area contributed by atoms with Crippen molar-refractivity contribution in [2.45, 2.75) is 25.8 Å². The minimum Gasteiger partial charge on any atom is -0.370 e. The number of amides is 1. The maximum absolute atomic E-state index is 13.4. The SMILES string of the molecule is CC(NCCCC(N)=O)c1cc(F)ccc1F. The minimum atomic E-state index is -0.466. The Labute approximate surface area is 99.0 Å². The van der Waals surface area contributed by atoms with Gasteiger partial charge in [0.05, 0.1) is 0 Å². The third kappa shape index (κ3) is 4.48. The average molecular weight is 242 g/mol. The van der Waals surface area contributed by atoms with Crippen LogP contribution in [-0.4, -0.2) is 12.5 Å². The molecule has 0 spiro atoms. The highest BCUT2D eigenvalue weighted by atomic mass is 19.1. The van der Waals surface area contributed by atoms with Crippen LogP contribution in [0.4, 0.5) is 8.78 Å². The van der Waals surface area contributed by atoms with Crippen molar-refractivity contribution < 1.29 is 13.6 Å². The summed E-state index contributed by atoms with van der Waals surface area (Å²) in [6, 6.07) is 3.05. The van der Waals surface area contributed by atoms with E-state index in [1.165, 1.54) is 6.07 Å². The molecule has 0 radical (unpaired) electrons. The maximum atomic E-state index is 13.4. The van der Waals surface area contributed by atoms with Crippen molar-refractivity contribution in [3.05, 3.63) is 35.4 Å². The lowest BCUT2D eigenvalue weighted by Gasteiger charge is -2.14. The molecule has 3 N–H and O–H groups in total. The normalized spacial score (nSPS) is 12.4. The van der Waals surface area contributed by atoms with Crippen LogP contribution in [0, 0.1) is 11.6 Å². The fourth-order valence-corrected chi connectivity index (χ4v) is 1.54. The zero-order valence-corrected chi connectivity index (χ0v) is 9.67. The van der Waals surface area contributed by atoms with Crippen molar-refractivity contribution in [2.24, 2.45) is 5.73 Å². The number of rotatable bonds is 6. The van der Waals surface area contributed by atoms with E-state index >= 15 is 0 Å². The molecule has 3 nitrogen and oxygen atoms in total. The van der Waals surface area contributed by atoms with E-state index in [0.717, 1.165) is 12.1 Å². The predicted octanol–water partition coefficient (Wildman–Crippen LogP) is 1.88. The van der Waals surface area contributed by atoms with E-state index in [2.05, 4.69) is 5.32 Å². The van der Waals surface area contributed by atoms with E-state index in [9.17, 15) is 13.6 Å². The third-order valence-corrected chi connectivity index (χ3v) is 2.48. The van der Waals surface area contributed by atoms with Crippen molar-refractivity contribution in [3.63, 3.8) is 0 Å². The van der Waals surface area contributed by atoms with Crippen LogP contribution in [0.5, 0.6) is 0 Å². The molecule has 0 heterocycles. The first-order valence-corrected chi connectivity index (χ1v) is 5.47. The summed E-state index contributed by atoms with van der Waals surface area (Å²) < 4.78 is 26.3. The first kappa shape index (κ1) is 13.6. The van der Waals surface area contributed by atoms with Gasteiger partial charge in [0.2, 0.25) is 5.91 Å². The van der Waals surface area contributed by atoms with Gasteiger partial charge in [0.15, 0.2) is 0 Å². The van der Waals surface area contributed by atoms with Gasteiger partial charge in [-0.1, -0.05) is 0 Å². The molecule has 1 atom stereocenters. The molecule has 17 heavy (non-hydrogen) atoms. The lowest BCUT2D eigenvalue weighted by molar-refractivity contribution is -0.118. The summed E-state index contributed by atoms with van der Waals surface area (Å²) >= 11 is 0. The fraction of sp³-hybridized carbons (Fsp3) is 0.417. The van der Waals surface area contributed by atoms with Gasteiger partial charge >= 0.3 is 0 Å². The van der Waals surface area contributed by atoms with Gasteiger partial charge in [-0.15, -0.1) is 0 Å². The van der Waals surface area contributed by atoms with Gasteiger partial charge in [-0.05, 0) is 38.1 Å². The summed E-state index contributed by atoms with van der Waals surface area (Å²) in [5.41, 5.74) is 5.27. The lowest BCUT2D eigenvalue weighted by atomic mass is 10.1. The van der Waals surface area contributed by atoms with E-state index < -0.39 is 11.6 Å². The number of primary amides is 1. The molecule has 0 aromatic heterocycles. The van der Waals surface area contributed by atoms with E-state index in [1.807, 2.05) is 0 Å². The first-order chi connectivity index (χ1) is 8.00. The molecule has 0 saturated carbocycles. The van der Waals surface area contributed by atoms with Gasteiger partial charge in [0.1, 0.15) is 11.6 Å². The van der Waals surface area contributed by atoms with Gasteiger partial charge in [0, 0.05) is 18.0 Å². The molecule has 1 rings (SSSR count). The highest BCUT2D eigenvalue weighted by Gasteiger charge is 2.11. The first-order valence-electron chi connectivity index (χ1n) is 5.47. The Morgan fingerprint density at radius 3 is 2.82 bits per heavy atom. The molecule has 94 valence electrons. The number of carbonyl (C=O) groups is 1. The molecule has 1 aromatic carbocycles. The van der Waals surface area contributed by atoms with Gasteiger partial charge in [-0.25, -0.2) is 8.78 Å². The van der Waals surface area contributed by atoms with E-state index in [1.54, 1.807) is 6.92 Å². The molecular formula is C12H16F2N2O. The summed E-state index contributed by atoms with van der Waals surface area (Å²) in [5.74, 6) is -1.27. The van der Waals surface area contributed by atoms with Crippen LogP contribution < -0.4 is 11.1 Å². The topological polar surface area (TPSA) is 55.1 Å². The molecular weight excluding hydrogens is 226 g/mol. The zero-order valence-electron chi connectivity index (χ0n) is 9.67. The van der Waals surface area contributed by atoms with Crippen LogP contribution in [0.15, 0.2) is 18.2 Å². The van der Waals surface area contributed by atoms with Crippen LogP contribution in [0.1, 0.15) is 31.4 Å². The Kier molecular flexibility index (Phi) is 5.03. The number of hydrogen-bond donors (Lipinski definition) is 2. The van der Waals surface area contributed by atoms with Crippen molar-refractivity contribution in [1.29, 1.82) is 0 Å². The number of hydrogen-bond acceptors (Lipinski definition) is 2. The second-order valence-corrected chi connectivity index (χ2v) is 3.91. The van der Waals surface area contributed by atoms with Crippen LogP contribution in [0.3, 0.4) is 0 Å². The molecule has 0 fully saturated rings. The minimum absolute atomic E-state index is 0.282. The molecule has 0 aliphatic carbocycles. The Hall–Kier alpha value is -1.49. The number of carbonyl (C=O) groups excluding carboxylic acids is 1. The molecule has 0 saturated heterocycles. The van der Waals surface area contributed by atoms with Crippen LogP contribution in [0.25, 0.3) is 0 Å². The summed E-state index contributed by atoms with van der Waals surface area (Å²) in [4.78, 5) is 10.5. The Morgan fingerprint density at radius 1 is 1.47 bits per heavy atom. The molecule has 0 aliphatic heterocycles. The average Bonchev–Trinajstić information content (AvgIpc) is 2.27. The molecule has 1 aromatic rings. The number of nitrogens with one attached hydrogen (secondary N) is 1. The van der Waals surface area contributed by atoms with Gasteiger partial charge in [-0.2, -0.15) is 0 Å². The van der Waals surface area contributed by atoms with Gasteiger partial charge in [0.25, 0.3) is 0 Å². The number of benzene rings is 1. The number of halogens is 2. The maximum Gasteiger partial charge on any atom is 0.217 e. The highest BCUT2D eigenvalue weighted by Crippen LogP contribution is 2.17. The van der Waals surface area contributed by atoms with Gasteiger partial charge in [-0.3, -0.25) is 4.79 Å². The van der Waals surface area contributed by atoms with Crippen molar-refractivity contribution >= 4 is 5.91 Å². The predicted molar refractivity (Wildman–Crippen MR) is 61.2 cm³/mol. The quantitative estimate of drug-likeness (QED) is 0.748. The standard InChI is InChI=1S/C12H16F2N2O/c1-8(16-6-2-3-12(15)17)10-7-9(13)4-5-11(10)14/h4-5,7-8,16H,2-3,6H2,1H3,(H2,15,17). The highest BCUT2D eigenvalue weighted by molar-refractivity contribution is 5.73. The summed E-state index contributed by atoms with van der Waals surface area (Å²) in [6.07, 6.45) is 0.863. The summed E-state index contributed by atoms with van der Waals surface area (Å²) in [7, 11) is 0. The summed E-state index contributed by atoms with van der Waals surface area (Å²) in [5, 5.41) is 3.01. The Bertz CT molecular complexity index is 396. The molecule has 1 unspecified atom stereocenters. The lowest BCUT2D eigenvalue weighted by Crippen LogP contribution is -2.22. The van der Waals surface area contributed by atoms with E-state index in [4.69, 9.17) is 5.73 Å². The number of nitrogens with two attached hydrogens (primary N) is 1. The second-order valence-electron chi connectivity index (χ2n) is 3.91. The fourth-order valence-electron chi connectivity index (χ4n) is 1.54. The van der Waals surface area contributed by atoms with Crippen molar-refractivity contribution in [2.75, 3.05) is 6.54 Å². The van der Waals surface area contributed by atoms with Gasteiger partial charge < -0.3 is 11.1 Å². The second kappa shape index (κ2) is 6.30. The Morgan fingerprint density at radius 2 is 2.18 bits per heavy atom. The Balaban J connectivity index is 2.49. The largest absolute Gasteiger partial charge is 0.370 e. The van der Waals surface area contributed by atoms with E-state index in [-0.39, 0.29) is 23.9 Å².